The predicted octanol–water partition coefficient (Wildman–Crippen LogP) is 6.58. The monoisotopic (exact) mass is 469 g/mol. The second kappa shape index (κ2) is 11.0. The Morgan fingerprint density at radius 1 is 0.943 bits per heavy atom. The third-order valence-corrected chi connectivity index (χ3v) is 5.97. The molecule has 5 nitrogen and oxygen atoms in total. The molecule has 0 atom stereocenters. The molecule has 180 valence electrons. The number of nitrogens with one attached hydrogen (secondary N) is 1. The number of rotatable bonds is 11. The second-order valence-electron chi connectivity index (χ2n) is 9.33. The summed E-state index contributed by atoms with van der Waals surface area (Å²) in [4.78, 5) is 27.9. The van der Waals surface area contributed by atoms with Gasteiger partial charge >= 0.3 is 5.97 Å². The number of benzene rings is 3. The summed E-state index contributed by atoms with van der Waals surface area (Å²) in [5, 5.41) is 9.87. The van der Waals surface area contributed by atoms with E-state index in [1.165, 1.54) is 5.56 Å². The minimum absolute atomic E-state index is 0.0637. The number of hydrogen-bond donors (Lipinski definition) is 2. The van der Waals surface area contributed by atoms with Crippen molar-refractivity contribution in [2.75, 3.05) is 0 Å². The van der Waals surface area contributed by atoms with Crippen LogP contribution in [0.4, 0.5) is 0 Å². The van der Waals surface area contributed by atoms with Crippen LogP contribution in [-0.2, 0) is 24.2 Å². The van der Waals surface area contributed by atoms with Gasteiger partial charge in [0, 0.05) is 28.6 Å². The molecule has 0 bridgehead atoms. The molecular formula is C30H31NO4. The van der Waals surface area contributed by atoms with Gasteiger partial charge in [-0.05, 0) is 60.6 Å². The van der Waals surface area contributed by atoms with E-state index in [0.29, 0.717) is 36.5 Å². The summed E-state index contributed by atoms with van der Waals surface area (Å²) in [7, 11) is 0. The molecule has 5 heteroatoms. The van der Waals surface area contributed by atoms with Crippen LogP contribution in [0.2, 0.25) is 0 Å². The summed E-state index contributed by atoms with van der Waals surface area (Å²) in [6.07, 6.45) is 2.03. The van der Waals surface area contributed by atoms with Crippen molar-refractivity contribution in [1.82, 2.24) is 4.98 Å². The van der Waals surface area contributed by atoms with Gasteiger partial charge < -0.3 is 14.8 Å². The number of aromatic amines is 1. The molecular weight excluding hydrogens is 438 g/mol. The van der Waals surface area contributed by atoms with Crippen molar-refractivity contribution < 1.29 is 19.4 Å². The van der Waals surface area contributed by atoms with Crippen molar-refractivity contribution >= 4 is 22.7 Å². The number of H-pyrrole nitrogens is 1. The van der Waals surface area contributed by atoms with Gasteiger partial charge in [-0.15, -0.1) is 0 Å². The number of aliphatic carboxylic acids is 1. The number of ether oxygens (including phenoxy) is 1. The van der Waals surface area contributed by atoms with Crippen molar-refractivity contribution in [3.63, 3.8) is 0 Å². The van der Waals surface area contributed by atoms with Crippen LogP contribution in [0.1, 0.15) is 59.4 Å². The Kier molecular flexibility index (Phi) is 7.66. The van der Waals surface area contributed by atoms with Gasteiger partial charge in [-0.3, -0.25) is 9.59 Å². The fourth-order valence-corrected chi connectivity index (χ4v) is 4.41. The largest absolute Gasteiger partial charge is 0.489 e. The highest BCUT2D eigenvalue weighted by atomic mass is 16.5. The fraction of sp³-hybridized carbons (Fsp3) is 0.267. The number of carboxylic acid groups (broad SMARTS) is 1. The van der Waals surface area contributed by atoms with Crippen LogP contribution < -0.4 is 4.74 Å². The van der Waals surface area contributed by atoms with E-state index in [4.69, 9.17) is 9.84 Å². The molecule has 0 radical (unpaired) electrons. The van der Waals surface area contributed by atoms with Crippen LogP contribution in [0.5, 0.6) is 5.75 Å². The topological polar surface area (TPSA) is 79.4 Å². The van der Waals surface area contributed by atoms with Crippen molar-refractivity contribution in [2.45, 2.75) is 46.1 Å². The molecule has 0 spiro atoms. The Labute approximate surface area is 205 Å². The molecule has 0 aliphatic carbocycles. The van der Waals surface area contributed by atoms with Gasteiger partial charge in [-0.25, -0.2) is 0 Å². The van der Waals surface area contributed by atoms with E-state index in [-0.39, 0.29) is 12.2 Å². The molecule has 4 rings (SSSR count). The Hall–Kier alpha value is -3.86. The van der Waals surface area contributed by atoms with Gasteiger partial charge in [-0.2, -0.15) is 0 Å². The number of para-hydroxylation sites is 1. The molecule has 3 aromatic carbocycles. The number of aryl methyl sites for hydroxylation is 1. The van der Waals surface area contributed by atoms with Crippen LogP contribution in [0, 0.1) is 5.92 Å². The molecule has 35 heavy (non-hydrogen) atoms. The zero-order chi connectivity index (χ0) is 24.8. The van der Waals surface area contributed by atoms with Crippen LogP contribution in [0.3, 0.4) is 0 Å². The number of carbonyl (C=O) groups excluding carboxylic acids is 1. The maximum absolute atomic E-state index is 13.6. The van der Waals surface area contributed by atoms with Crippen molar-refractivity contribution in [2.24, 2.45) is 5.92 Å². The third kappa shape index (κ3) is 6.18. The van der Waals surface area contributed by atoms with Crippen LogP contribution in [0.25, 0.3) is 10.9 Å². The average Bonchev–Trinajstić information content (AvgIpc) is 3.20. The third-order valence-electron chi connectivity index (χ3n) is 5.97. The van der Waals surface area contributed by atoms with Crippen molar-refractivity contribution in [3.8, 4) is 5.75 Å². The first-order valence-corrected chi connectivity index (χ1v) is 12.1. The molecule has 0 fully saturated rings. The maximum Gasteiger partial charge on any atom is 0.303 e. The number of fused-ring (bicyclic) bond motifs is 1. The van der Waals surface area contributed by atoms with Crippen LogP contribution >= 0.6 is 0 Å². The van der Waals surface area contributed by atoms with Gasteiger partial charge in [0.1, 0.15) is 12.4 Å². The van der Waals surface area contributed by atoms with E-state index in [0.717, 1.165) is 34.3 Å². The SMILES string of the molecule is CC(C)Cc1cccc(OCc2cccc(C(=O)c3c(CCCC(=O)O)[nH]c4ccccc34)c2)c1. The first-order chi connectivity index (χ1) is 16.9. The Balaban J connectivity index is 1.54. The Morgan fingerprint density at radius 3 is 2.51 bits per heavy atom. The second-order valence-corrected chi connectivity index (χ2v) is 9.33. The van der Waals surface area contributed by atoms with Gasteiger partial charge in [0.25, 0.3) is 0 Å². The van der Waals surface area contributed by atoms with E-state index in [1.54, 1.807) is 0 Å². The minimum atomic E-state index is -0.837. The van der Waals surface area contributed by atoms with E-state index >= 15 is 0 Å². The molecule has 0 aliphatic heterocycles. The summed E-state index contributed by atoms with van der Waals surface area (Å²) in [5.74, 6) is 0.480. The molecule has 1 heterocycles. The summed E-state index contributed by atoms with van der Waals surface area (Å²) >= 11 is 0. The number of hydrogen-bond acceptors (Lipinski definition) is 3. The zero-order valence-corrected chi connectivity index (χ0v) is 20.2. The number of aromatic nitrogens is 1. The zero-order valence-electron chi connectivity index (χ0n) is 20.2. The van der Waals surface area contributed by atoms with Gasteiger partial charge in [0.2, 0.25) is 0 Å². The lowest BCUT2D eigenvalue weighted by atomic mass is 9.97. The van der Waals surface area contributed by atoms with E-state index in [2.05, 4.69) is 31.0 Å². The molecule has 0 aliphatic rings. The standard InChI is InChI=1S/C30H31NO4/c1-20(2)16-21-8-6-11-24(18-21)35-19-22-9-5-10-23(17-22)30(34)29-25-12-3-4-13-26(25)31-27(29)14-7-15-28(32)33/h3-6,8-13,17-18,20,31H,7,14-16,19H2,1-2H3,(H,32,33). The van der Waals surface area contributed by atoms with Crippen LogP contribution in [-0.4, -0.2) is 21.8 Å². The lowest BCUT2D eigenvalue weighted by Gasteiger charge is -2.11. The summed E-state index contributed by atoms with van der Waals surface area (Å²) in [6.45, 7) is 4.76. The minimum Gasteiger partial charge on any atom is -0.489 e. The van der Waals surface area contributed by atoms with E-state index in [1.807, 2.05) is 60.7 Å². The highest BCUT2D eigenvalue weighted by Crippen LogP contribution is 2.27. The van der Waals surface area contributed by atoms with Crippen molar-refractivity contribution in [3.05, 3.63) is 101 Å². The van der Waals surface area contributed by atoms with Gasteiger partial charge in [0.05, 0.1) is 5.56 Å². The van der Waals surface area contributed by atoms with Gasteiger partial charge in [0.15, 0.2) is 5.78 Å². The first-order valence-electron chi connectivity index (χ1n) is 12.1. The number of carboxylic acids is 1. The van der Waals surface area contributed by atoms with E-state index < -0.39 is 5.97 Å². The quantitative estimate of drug-likeness (QED) is 0.243. The number of ketones is 1. The summed E-state index contributed by atoms with van der Waals surface area (Å²) in [5.41, 5.74) is 5.02. The highest BCUT2D eigenvalue weighted by molar-refractivity contribution is 6.17. The highest BCUT2D eigenvalue weighted by Gasteiger charge is 2.20. The smallest absolute Gasteiger partial charge is 0.303 e. The lowest BCUT2D eigenvalue weighted by molar-refractivity contribution is -0.137. The van der Waals surface area contributed by atoms with Gasteiger partial charge in [-0.1, -0.05) is 62.4 Å². The average molecular weight is 470 g/mol. The number of carbonyl (C=O) groups is 2. The molecule has 1 aromatic heterocycles. The maximum atomic E-state index is 13.6. The molecule has 4 aromatic rings. The molecule has 0 unspecified atom stereocenters. The Morgan fingerprint density at radius 2 is 1.71 bits per heavy atom. The lowest BCUT2D eigenvalue weighted by Crippen LogP contribution is -2.06. The molecule has 0 saturated heterocycles. The molecule has 2 N–H and O–H groups in total. The summed E-state index contributed by atoms with van der Waals surface area (Å²) < 4.78 is 6.04. The molecule has 0 amide bonds. The van der Waals surface area contributed by atoms with Crippen molar-refractivity contribution in [1.29, 1.82) is 0 Å². The van der Waals surface area contributed by atoms with E-state index in [9.17, 15) is 9.59 Å². The van der Waals surface area contributed by atoms with Crippen LogP contribution in [0.15, 0.2) is 72.8 Å². The predicted molar refractivity (Wildman–Crippen MR) is 138 cm³/mol. The molecule has 0 saturated carbocycles. The Bertz CT molecular complexity index is 1340. The first kappa shape index (κ1) is 24.3. The summed E-state index contributed by atoms with van der Waals surface area (Å²) in [6, 6.07) is 23.4. The normalized spacial score (nSPS) is 11.2. The fourth-order valence-electron chi connectivity index (χ4n) is 4.41.